The van der Waals surface area contributed by atoms with Gasteiger partial charge in [-0.15, -0.1) is 0 Å². The molecule has 3 N–H and O–H groups in total. The van der Waals surface area contributed by atoms with Gasteiger partial charge in [-0.05, 0) is 32.1 Å². The van der Waals surface area contributed by atoms with Gasteiger partial charge in [0.05, 0.1) is 12.3 Å². The Hall–Kier alpha value is -0.870. The Bertz CT molecular complexity index is 368. The molecule has 2 atom stereocenters. The molecule has 2 unspecified atom stereocenters. The van der Waals surface area contributed by atoms with E-state index in [1.807, 2.05) is 0 Å². The summed E-state index contributed by atoms with van der Waals surface area (Å²) in [5, 5.41) is 0. The summed E-state index contributed by atoms with van der Waals surface area (Å²) in [6.45, 7) is 1.71. The summed E-state index contributed by atoms with van der Waals surface area (Å²) >= 11 is 0. The summed E-state index contributed by atoms with van der Waals surface area (Å²) in [6.07, 6.45) is 5.67. The van der Waals surface area contributed by atoms with Gasteiger partial charge in [0.25, 0.3) is 0 Å². The zero-order valence-corrected chi connectivity index (χ0v) is 9.54. The third-order valence-electron chi connectivity index (χ3n) is 3.67. The monoisotopic (exact) mass is 221 g/mol. The zero-order chi connectivity index (χ0) is 11.0. The summed E-state index contributed by atoms with van der Waals surface area (Å²) in [6, 6.07) is 0.137. The quantitative estimate of drug-likeness (QED) is 0.757. The minimum Gasteiger partial charge on any atom is -0.381 e. The van der Waals surface area contributed by atoms with Crippen molar-refractivity contribution in [3.8, 4) is 0 Å². The van der Waals surface area contributed by atoms with Gasteiger partial charge in [-0.25, -0.2) is 4.98 Å². The maximum absolute atomic E-state index is 6.08. The smallest absolute Gasteiger partial charge is 0.112 e. The minimum atomic E-state index is 0.137. The fraction of sp³-hybridized carbons (Fsp3) is 0.750. The number of rotatable bonds is 1. The van der Waals surface area contributed by atoms with E-state index < -0.39 is 0 Å². The highest BCUT2D eigenvalue weighted by Gasteiger charge is 2.25. The summed E-state index contributed by atoms with van der Waals surface area (Å²) in [5.41, 5.74) is 8.44. The van der Waals surface area contributed by atoms with E-state index in [2.05, 4.69) is 4.98 Å². The average molecular weight is 221 g/mol. The molecule has 16 heavy (non-hydrogen) atoms. The van der Waals surface area contributed by atoms with E-state index in [1.54, 1.807) is 0 Å². The van der Waals surface area contributed by atoms with Crippen molar-refractivity contribution in [2.24, 2.45) is 5.73 Å². The van der Waals surface area contributed by atoms with E-state index >= 15 is 0 Å². The Labute approximate surface area is 95.6 Å². The molecule has 0 saturated carbocycles. The van der Waals surface area contributed by atoms with Crippen molar-refractivity contribution in [1.29, 1.82) is 0 Å². The molecule has 3 rings (SSSR count). The number of nitrogens with one attached hydrogen (secondary N) is 1. The lowest BCUT2D eigenvalue weighted by molar-refractivity contribution is 0.0782. The lowest BCUT2D eigenvalue weighted by Crippen LogP contribution is -2.17. The first-order valence-electron chi connectivity index (χ1n) is 6.26. The Morgan fingerprint density at radius 3 is 3.00 bits per heavy atom. The predicted molar refractivity (Wildman–Crippen MR) is 61.2 cm³/mol. The van der Waals surface area contributed by atoms with Crippen LogP contribution in [-0.4, -0.2) is 23.2 Å². The van der Waals surface area contributed by atoms with E-state index in [0.717, 1.165) is 44.0 Å². The Kier molecular flexibility index (Phi) is 2.69. The minimum absolute atomic E-state index is 0.137. The first kappa shape index (κ1) is 10.3. The fourth-order valence-electron chi connectivity index (χ4n) is 2.73. The number of H-pyrrole nitrogens is 1. The Balaban J connectivity index is 1.85. The van der Waals surface area contributed by atoms with Crippen LogP contribution in [0.25, 0.3) is 0 Å². The molecule has 0 spiro atoms. The van der Waals surface area contributed by atoms with Gasteiger partial charge in [0.1, 0.15) is 5.82 Å². The molecule has 0 bridgehead atoms. The van der Waals surface area contributed by atoms with Crippen LogP contribution in [0.4, 0.5) is 0 Å². The molecule has 4 nitrogen and oxygen atoms in total. The normalized spacial score (nSPS) is 30.1. The molecule has 1 fully saturated rings. The van der Waals surface area contributed by atoms with Crippen LogP contribution in [-0.2, 0) is 11.2 Å². The molecule has 1 aromatic rings. The van der Waals surface area contributed by atoms with Gasteiger partial charge in [0, 0.05) is 24.3 Å². The SMILES string of the molecule is NC1CCCc2[nH]c(C3CCCOC3)nc21. The standard InChI is InChI=1S/C12H19N3O/c13-9-4-1-5-10-11(9)15-12(14-10)8-3-2-6-16-7-8/h8-9H,1-7,13H2,(H,14,15). The summed E-state index contributed by atoms with van der Waals surface area (Å²) in [5.74, 6) is 1.55. The largest absolute Gasteiger partial charge is 0.381 e. The van der Waals surface area contributed by atoms with Crippen LogP contribution < -0.4 is 5.73 Å². The highest BCUT2D eigenvalue weighted by molar-refractivity contribution is 5.22. The number of nitrogens with zero attached hydrogens (tertiary/aromatic N) is 1. The highest BCUT2D eigenvalue weighted by Crippen LogP contribution is 2.30. The van der Waals surface area contributed by atoms with Crippen LogP contribution in [0.1, 0.15) is 54.9 Å². The Morgan fingerprint density at radius 1 is 1.31 bits per heavy atom. The number of aromatic amines is 1. The van der Waals surface area contributed by atoms with Crippen LogP contribution in [0.15, 0.2) is 0 Å². The maximum Gasteiger partial charge on any atom is 0.112 e. The molecule has 0 radical (unpaired) electrons. The molecule has 1 aromatic heterocycles. The number of ether oxygens (including phenoxy) is 1. The molecule has 2 aliphatic rings. The summed E-state index contributed by atoms with van der Waals surface area (Å²) in [7, 11) is 0. The number of fused-ring (bicyclic) bond motifs is 1. The maximum atomic E-state index is 6.08. The molecule has 2 heterocycles. The number of hydrogen-bond acceptors (Lipinski definition) is 3. The number of hydrogen-bond donors (Lipinski definition) is 2. The van der Waals surface area contributed by atoms with Gasteiger partial charge in [-0.2, -0.15) is 0 Å². The van der Waals surface area contributed by atoms with Gasteiger partial charge in [-0.3, -0.25) is 0 Å². The van der Waals surface area contributed by atoms with E-state index in [1.165, 1.54) is 18.5 Å². The van der Waals surface area contributed by atoms with Crippen molar-refractivity contribution in [3.63, 3.8) is 0 Å². The van der Waals surface area contributed by atoms with Gasteiger partial charge in [0.15, 0.2) is 0 Å². The van der Waals surface area contributed by atoms with Crippen LogP contribution >= 0.6 is 0 Å². The third kappa shape index (κ3) is 1.76. The number of aryl methyl sites for hydroxylation is 1. The molecular formula is C12H19N3O. The average Bonchev–Trinajstić information content (AvgIpc) is 2.76. The molecule has 1 aliphatic carbocycles. The van der Waals surface area contributed by atoms with Gasteiger partial charge in [0.2, 0.25) is 0 Å². The van der Waals surface area contributed by atoms with Crippen molar-refractivity contribution in [1.82, 2.24) is 9.97 Å². The van der Waals surface area contributed by atoms with Gasteiger partial charge < -0.3 is 15.5 Å². The third-order valence-corrected chi connectivity index (χ3v) is 3.67. The second kappa shape index (κ2) is 4.18. The predicted octanol–water partition coefficient (Wildman–Crippen LogP) is 1.64. The first-order valence-corrected chi connectivity index (χ1v) is 6.26. The van der Waals surface area contributed by atoms with Gasteiger partial charge in [-0.1, -0.05) is 0 Å². The molecule has 1 saturated heterocycles. The van der Waals surface area contributed by atoms with Crippen LogP contribution in [0.5, 0.6) is 0 Å². The molecule has 0 aromatic carbocycles. The molecule has 4 heteroatoms. The first-order chi connectivity index (χ1) is 7.84. The molecule has 0 amide bonds. The van der Waals surface area contributed by atoms with E-state index in [-0.39, 0.29) is 6.04 Å². The molecular weight excluding hydrogens is 202 g/mol. The van der Waals surface area contributed by atoms with Crippen LogP contribution in [0, 0.1) is 0 Å². The van der Waals surface area contributed by atoms with Crippen molar-refractivity contribution in [2.45, 2.75) is 44.1 Å². The molecule has 88 valence electrons. The lowest BCUT2D eigenvalue weighted by atomic mass is 9.97. The summed E-state index contributed by atoms with van der Waals surface area (Å²) < 4.78 is 5.50. The fourth-order valence-corrected chi connectivity index (χ4v) is 2.73. The van der Waals surface area contributed by atoms with E-state index in [0.29, 0.717) is 5.92 Å². The highest BCUT2D eigenvalue weighted by atomic mass is 16.5. The van der Waals surface area contributed by atoms with E-state index in [4.69, 9.17) is 15.5 Å². The van der Waals surface area contributed by atoms with Gasteiger partial charge >= 0.3 is 0 Å². The van der Waals surface area contributed by atoms with Crippen molar-refractivity contribution >= 4 is 0 Å². The topological polar surface area (TPSA) is 63.9 Å². The second-order valence-electron chi connectivity index (χ2n) is 4.90. The van der Waals surface area contributed by atoms with E-state index in [9.17, 15) is 0 Å². The van der Waals surface area contributed by atoms with Crippen molar-refractivity contribution < 1.29 is 4.74 Å². The lowest BCUT2D eigenvalue weighted by Gasteiger charge is -2.19. The number of imidazole rings is 1. The van der Waals surface area contributed by atoms with Crippen molar-refractivity contribution in [2.75, 3.05) is 13.2 Å². The second-order valence-corrected chi connectivity index (χ2v) is 4.90. The number of nitrogens with two attached hydrogens (primary N) is 1. The number of aromatic nitrogens is 2. The van der Waals surface area contributed by atoms with Crippen molar-refractivity contribution in [3.05, 3.63) is 17.2 Å². The summed E-state index contributed by atoms with van der Waals surface area (Å²) in [4.78, 5) is 8.16. The Morgan fingerprint density at radius 2 is 2.25 bits per heavy atom. The molecule has 1 aliphatic heterocycles. The van der Waals surface area contributed by atoms with Crippen LogP contribution in [0.2, 0.25) is 0 Å². The zero-order valence-electron chi connectivity index (χ0n) is 9.54. The van der Waals surface area contributed by atoms with Crippen LogP contribution in [0.3, 0.4) is 0 Å².